The number of amides is 2. The van der Waals surface area contributed by atoms with Crippen molar-refractivity contribution in [2.75, 3.05) is 31.1 Å². The zero-order valence-electron chi connectivity index (χ0n) is 20.4. The number of benzene rings is 2. The number of nitrogens with zero attached hydrogens (tertiary/aromatic N) is 4. The van der Waals surface area contributed by atoms with E-state index in [0.717, 1.165) is 35.7 Å². The Labute approximate surface area is 211 Å². The van der Waals surface area contributed by atoms with Crippen LogP contribution >= 0.6 is 11.8 Å². The van der Waals surface area contributed by atoms with Crippen molar-refractivity contribution in [2.45, 2.75) is 37.7 Å². The van der Waals surface area contributed by atoms with Crippen molar-refractivity contribution >= 4 is 29.4 Å². The second-order valence-electron chi connectivity index (χ2n) is 8.87. The van der Waals surface area contributed by atoms with E-state index in [1.807, 2.05) is 79.4 Å². The average molecular weight is 490 g/mol. The van der Waals surface area contributed by atoms with E-state index in [0.29, 0.717) is 29.6 Å². The molecular formula is C27H31N5O2S. The first-order valence-electron chi connectivity index (χ1n) is 11.9. The molecule has 1 aromatic heterocycles. The lowest BCUT2D eigenvalue weighted by atomic mass is 10.1. The van der Waals surface area contributed by atoms with Crippen LogP contribution in [0, 0.1) is 0 Å². The normalized spacial score (nSPS) is 13.7. The summed E-state index contributed by atoms with van der Waals surface area (Å²) in [7, 11) is 0. The predicted octanol–water partition coefficient (Wildman–Crippen LogP) is 4.24. The Bertz CT molecular complexity index is 1180. The van der Waals surface area contributed by atoms with Gasteiger partial charge < -0.3 is 15.1 Å². The van der Waals surface area contributed by atoms with Gasteiger partial charge in [0, 0.05) is 62.1 Å². The third-order valence-corrected chi connectivity index (χ3v) is 6.71. The Balaban J connectivity index is 1.55. The molecule has 1 aliphatic rings. The first kappa shape index (κ1) is 24.7. The van der Waals surface area contributed by atoms with Crippen LogP contribution in [0.25, 0.3) is 11.3 Å². The molecule has 1 fully saturated rings. The van der Waals surface area contributed by atoms with Gasteiger partial charge in [0.25, 0.3) is 5.91 Å². The molecule has 8 heteroatoms. The van der Waals surface area contributed by atoms with Crippen LogP contribution in [0.4, 0.5) is 5.82 Å². The first-order chi connectivity index (χ1) is 16.9. The maximum Gasteiger partial charge on any atom is 0.251 e. The summed E-state index contributed by atoms with van der Waals surface area (Å²) in [5, 5.41) is 3.63. The van der Waals surface area contributed by atoms with Gasteiger partial charge in [-0.3, -0.25) is 9.59 Å². The minimum absolute atomic E-state index is 0.0684. The van der Waals surface area contributed by atoms with Crippen LogP contribution < -0.4 is 10.2 Å². The van der Waals surface area contributed by atoms with Crippen LogP contribution in [0.1, 0.15) is 36.7 Å². The summed E-state index contributed by atoms with van der Waals surface area (Å²) in [6, 6.07) is 19.9. The molecule has 1 N–H and O–H groups in total. The lowest BCUT2D eigenvalue weighted by Gasteiger charge is -2.35. The molecule has 2 amide bonds. The van der Waals surface area contributed by atoms with Crippen molar-refractivity contribution in [2.24, 2.45) is 0 Å². The number of aromatic nitrogens is 2. The number of thioether (sulfide) groups is 1. The summed E-state index contributed by atoms with van der Waals surface area (Å²) in [6.07, 6.45) is 0. The number of anilines is 1. The van der Waals surface area contributed by atoms with Gasteiger partial charge in [-0.1, -0.05) is 54.2 Å². The largest absolute Gasteiger partial charge is 0.353 e. The summed E-state index contributed by atoms with van der Waals surface area (Å²) in [5.41, 5.74) is 3.60. The average Bonchev–Trinajstić information content (AvgIpc) is 2.87. The minimum Gasteiger partial charge on any atom is -0.353 e. The Morgan fingerprint density at radius 2 is 1.71 bits per heavy atom. The van der Waals surface area contributed by atoms with Gasteiger partial charge in [-0.25, -0.2) is 9.97 Å². The topological polar surface area (TPSA) is 78.4 Å². The number of hydrogen-bond donors (Lipinski definition) is 1. The van der Waals surface area contributed by atoms with Crippen molar-refractivity contribution in [1.82, 2.24) is 20.2 Å². The Kier molecular flexibility index (Phi) is 8.02. The van der Waals surface area contributed by atoms with E-state index < -0.39 is 0 Å². The lowest BCUT2D eigenvalue weighted by Crippen LogP contribution is -2.48. The van der Waals surface area contributed by atoms with Gasteiger partial charge in [-0.15, -0.1) is 0 Å². The van der Waals surface area contributed by atoms with E-state index in [-0.39, 0.29) is 17.9 Å². The summed E-state index contributed by atoms with van der Waals surface area (Å²) in [4.78, 5) is 37.9. The standard InChI is InChI=1S/C27H31N5O2S/c1-19(2)28-26(34)23-11-7-8-21(16-23)18-35-27-29-24(22-9-5-4-6-10-22)17-25(30-27)32-14-12-31(13-15-32)20(3)33/h4-11,16-17,19H,12-15,18H2,1-3H3,(H,28,34). The van der Waals surface area contributed by atoms with Crippen LogP contribution in [-0.4, -0.2) is 58.9 Å². The first-order valence-corrected chi connectivity index (χ1v) is 12.8. The van der Waals surface area contributed by atoms with Crippen LogP contribution in [-0.2, 0) is 10.5 Å². The molecule has 0 saturated carbocycles. The van der Waals surface area contributed by atoms with Gasteiger partial charge in [-0.2, -0.15) is 0 Å². The molecule has 0 radical (unpaired) electrons. The fourth-order valence-electron chi connectivity index (χ4n) is 3.94. The number of rotatable bonds is 7. The van der Waals surface area contributed by atoms with E-state index in [1.165, 1.54) is 0 Å². The Hall–Kier alpha value is -3.39. The third kappa shape index (κ3) is 6.60. The fourth-order valence-corrected chi connectivity index (χ4v) is 4.74. The van der Waals surface area contributed by atoms with Crippen LogP contribution in [0.2, 0.25) is 0 Å². The summed E-state index contributed by atoms with van der Waals surface area (Å²) >= 11 is 1.56. The molecular weight excluding hydrogens is 458 g/mol. The van der Waals surface area contributed by atoms with Crippen LogP contribution in [0.15, 0.2) is 65.8 Å². The van der Waals surface area contributed by atoms with Crippen molar-refractivity contribution < 1.29 is 9.59 Å². The van der Waals surface area contributed by atoms with Gasteiger partial charge in [0.05, 0.1) is 5.69 Å². The van der Waals surface area contributed by atoms with Gasteiger partial charge in [0.15, 0.2) is 5.16 Å². The highest BCUT2D eigenvalue weighted by molar-refractivity contribution is 7.98. The molecule has 3 aromatic rings. The van der Waals surface area contributed by atoms with Crippen LogP contribution in [0.5, 0.6) is 0 Å². The molecule has 0 aliphatic carbocycles. The van der Waals surface area contributed by atoms with Crippen molar-refractivity contribution in [3.8, 4) is 11.3 Å². The van der Waals surface area contributed by atoms with E-state index in [2.05, 4.69) is 10.2 Å². The van der Waals surface area contributed by atoms with Gasteiger partial charge in [0.2, 0.25) is 5.91 Å². The third-order valence-electron chi connectivity index (χ3n) is 5.79. The smallest absolute Gasteiger partial charge is 0.251 e. The molecule has 4 rings (SSSR count). The molecule has 7 nitrogen and oxygen atoms in total. The van der Waals surface area contributed by atoms with E-state index in [9.17, 15) is 9.59 Å². The summed E-state index contributed by atoms with van der Waals surface area (Å²) in [6.45, 7) is 8.37. The molecule has 0 bridgehead atoms. The van der Waals surface area contributed by atoms with E-state index >= 15 is 0 Å². The number of carbonyl (C=O) groups is 2. The van der Waals surface area contributed by atoms with Gasteiger partial charge in [0.1, 0.15) is 5.82 Å². The highest BCUT2D eigenvalue weighted by Crippen LogP contribution is 2.28. The van der Waals surface area contributed by atoms with E-state index in [4.69, 9.17) is 9.97 Å². The second kappa shape index (κ2) is 11.4. The molecule has 182 valence electrons. The molecule has 35 heavy (non-hydrogen) atoms. The quantitative estimate of drug-likeness (QED) is 0.395. The number of hydrogen-bond acceptors (Lipinski definition) is 6. The SMILES string of the molecule is CC(=O)N1CCN(c2cc(-c3ccccc3)nc(SCc3cccc(C(=O)NC(C)C)c3)n2)CC1. The molecule has 0 unspecified atom stereocenters. The van der Waals surface area contributed by atoms with Crippen LogP contribution in [0.3, 0.4) is 0 Å². The lowest BCUT2D eigenvalue weighted by molar-refractivity contribution is -0.129. The maximum absolute atomic E-state index is 12.4. The Morgan fingerprint density at radius 3 is 2.40 bits per heavy atom. The predicted molar refractivity (Wildman–Crippen MR) is 141 cm³/mol. The number of carbonyl (C=O) groups excluding carboxylic acids is 2. The van der Waals surface area contributed by atoms with Gasteiger partial charge >= 0.3 is 0 Å². The molecule has 0 spiro atoms. The summed E-state index contributed by atoms with van der Waals surface area (Å²) in [5.74, 6) is 1.56. The minimum atomic E-state index is -0.0684. The molecule has 1 saturated heterocycles. The molecule has 2 heterocycles. The maximum atomic E-state index is 12.4. The van der Waals surface area contributed by atoms with Crippen molar-refractivity contribution in [1.29, 1.82) is 0 Å². The molecule has 0 atom stereocenters. The zero-order chi connectivity index (χ0) is 24.8. The fraction of sp³-hybridized carbons (Fsp3) is 0.333. The number of nitrogens with one attached hydrogen (secondary N) is 1. The monoisotopic (exact) mass is 489 g/mol. The van der Waals surface area contributed by atoms with Gasteiger partial charge in [-0.05, 0) is 31.5 Å². The number of piperazine rings is 1. The molecule has 1 aliphatic heterocycles. The zero-order valence-corrected chi connectivity index (χ0v) is 21.2. The summed E-state index contributed by atoms with van der Waals surface area (Å²) < 4.78 is 0. The van der Waals surface area contributed by atoms with E-state index in [1.54, 1.807) is 18.7 Å². The van der Waals surface area contributed by atoms with Crippen molar-refractivity contribution in [3.63, 3.8) is 0 Å². The van der Waals surface area contributed by atoms with Crippen molar-refractivity contribution in [3.05, 3.63) is 71.8 Å². The highest BCUT2D eigenvalue weighted by Gasteiger charge is 2.21. The molecule has 2 aromatic carbocycles. The second-order valence-corrected chi connectivity index (χ2v) is 9.81. The highest BCUT2D eigenvalue weighted by atomic mass is 32.2. The Morgan fingerprint density at radius 1 is 0.971 bits per heavy atom.